The number of carbonyl (C=O) groups is 2. The third kappa shape index (κ3) is 8.38. The van der Waals surface area contributed by atoms with E-state index >= 15 is 0 Å². The molecule has 0 radical (unpaired) electrons. The molecular formula is C15H16Cl6N2O4. The van der Waals surface area contributed by atoms with E-state index in [0.29, 0.717) is 6.42 Å². The lowest BCUT2D eigenvalue weighted by atomic mass is 9.95. The van der Waals surface area contributed by atoms with Crippen molar-refractivity contribution in [2.45, 2.75) is 22.7 Å². The Balaban J connectivity index is 2.90. The molecule has 0 aliphatic carbocycles. The summed E-state index contributed by atoms with van der Waals surface area (Å²) in [4.78, 5) is 24.6. The zero-order chi connectivity index (χ0) is 20.8. The molecule has 4 N–H and O–H groups in total. The second-order valence-corrected chi connectivity index (χ2v) is 9.14. The largest absolute Gasteiger partial charge is 0.461 e. The Morgan fingerprint density at radius 2 is 1.63 bits per heavy atom. The summed E-state index contributed by atoms with van der Waals surface area (Å²) >= 11 is 34.3. The fourth-order valence-corrected chi connectivity index (χ4v) is 2.70. The molecule has 0 saturated heterocycles. The molecule has 27 heavy (non-hydrogen) atoms. The quantitative estimate of drug-likeness (QED) is 0.240. The van der Waals surface area contributed by atoms with E-state index in [9.17, 15) is 9.59 Å². The summed E-state index contributed by atoms with van der Waals surface area (Å²) in [5.74, 6) is -2.86. The third-order valence-corrected chi connectivity index (χ3v) is 4.64. The van der Waals surface area contributed by atoms with Crippen molar-refractivity contribution in [3.8, 4) is 5.75 Å². The van der Waals surface area contributed by atoms with Crippen LogP contribution in [0.15, 0.2) is 12.1 Å². The zero-order valence-electron chi connectivity index (χ0n) is 13.7. The van der Waals surface area contributed by atoms with Gasteiger partial charge in [-0.2, -0.15) is 0 Å². The van der Waals surface area contributed by atoms with Gasteiger partial charge in [-0.25, -0.2) is 4.79 Å². The number of alkyl halides is 3. The average Bonchev–Trinajstić information content (AvgIpc) is 2.57. The molecule has 0 spiro atoms. The Bertz CT molecular complexity index is 683. The highest BCUT2D eigenvalue weighted by Gasteiger charge is 2.35. The van der Waals surface area contributed by atoms with E-state index in [1.807, 2.05) is 0 Å². The fourth-order valence-electron chi connectivity index (χ4n) is 1.96. The monoisotopic (exact) mass is 498 g/mol. The minimum absolute atomic E-state index is 0.0437. The maximum atomic E-state index is 12.4. The molecule has 0 fully saturated rings. The highest BCUT2D eigenvalue weighted by molar-refractivity contribution is 6.67. The van der Waals surface area contributed by atoms with Gasteiger partial charge in [-0.1, -0.05) is 69.6 Å². The van der Waals surface area contributed by atoms with Crippen molar-refractivity contribution in [3.05, 3.63) is 27.2 Å². The molecule has 0 saturated carbocycles. The number of carbonyl (C=O) groups excluding carboxylic acids is 2. The van der Waals surface area contributed by atoms with Gasteiger partial charge in [0.05, 0.1) is 21.0 Å². The van der Waals surface area contributed by atoms with Crippen LogP contribution in [-0.2, 0) is 14.3 Å². The van der Waals surface area contributed by atoms with Crippen LogP contribution in [0.3, 0.4) is 0 Å². The Morgan fingerprint density at radius 1 is 1.04 bits per heavy atom. The van der Waals surface area contributed by atoms with Crippen molar-refractivity contribution in [2.75, 3.05) is 13.2 Å². The highest BCUT2D eigenvalue weighted by atomic mass is 35.6. The van der Waals surface area contributed by atoms with Crippen LogP contribution < -0.4 is 16.2 Å². The van der Waals surface area contributed by atoms with Crippen LogP contribution in [0.1, 0.15) is 12.8 Å². The molecule has 1 aromatic carbocycles. The molecule has 12 heteroatoms. The van der Waals surface area contributed by atoms with Crippen LogP contribution in [0.4, 0.5) is 0 Å². The second kappa shape index (κ2) is 11.1. The van der Waals surface area contributed by atoms with Crippen LogP contribution in [0, 0.1) is 5.92 Å². The molecule has 0 aromatic heterocycles. The first-order valence-electron chi connectivity index (χ1n) is 7.51. The zero-order valence-corrected chi connectivity index (χ0v) is 18.2. The molecular weight excluding hydrogens is 485 g/mol. The number of halogens is 6. The summed E-state index contributed by atoms with van der Waals surface area (Å²) < 4.78 is 8.26. The number of hydrogen-bond acceptors (Lipinski definition) is 6. The predicted molar refractivity (Wildman–Crippen MR) is 108 cm³/mol. The Labute approximate surface area is 186 Å². The Morgan fingerprint density at radius 3 is 2.19 bits per heavy atom. The van der Waals surface area contributed by atoms with Crippen molar-refractivity contribution >= 4 is 81.5 Å². The maximum Gasteiger partial charge on any atom is 0.329 e. The third-order valence-electron chi connectivity index (χ3n) is 3.29. The summed E-state index contributed by atoms with van der Waals surface area (Å²) in [6.45, 7) is -0.232. The fraction of sp³-hybridized carbons (Fsp3) is 0.467. The lowest BCUT2D eigenvalue weighted by molar-refractivity contribution is -0.153. The molecule has 1 unspecified atom stereocenters. The molecule has 6 nitrogen and oxygen atoms in total. The van der Waals surface area contributed by atoms with Gasteiger partial charge in [0.25, 0.3) is 0 Å². The van der Waals surface area contributed by atoms with Gasteiger partial charge in [-0.3, -0.25) is 4.79 Å². The standard InChI is InChI=1S/C15H16Cl6N2O4/c16-8-4-10(18)11(5-9(8)17)27-14(25)12(23)7(2-1-3-22)13(24)26-6-15(19,20)21/h4-5,7,12H,1-3,6,22-23H2/t7?,12-/m0/s1. The Kier molecular flexibility index (Phi) is 10.2. The van der Waals surface area contributed by atoms with Crippen LogP contribution >= 0.6 is 69.6 Å². The highest BCUT2D eigenvalue weighted by Crippen LogP contribution is 2.34. The van der Waals surface area contributed by atoms with Gasteiger partial charge in [0, 0.05) is 6.07 Å². The van der Waals surface area contributed by atoms with Gasteiger partial charge in [0.1, 0.15) is 12.6 Å². The topological polar surface area (TPSA) is 105 Å². The van der Waals surface area contributed by atoms with Crippen LogP contribution in [-0.4, -0.2) is 34.9 Å². The van der Waals surface area contributed by atoms with Crippen molar-refractivity contribution in [1.29, 1.82) is 0 Å². The summed E-state index contributed by atoms with van der Waals surface area (Å²) in [5, 5.41) is 0.350. The van der Waals surface area contributed by atoms with E-state index in [1.54, 1.807) is 0 Å². The van der Waals surface area contributed by atoms with Gasteiger partial charge in [0.15, 0.2) is 5.75 Å². The van der Waals surface area contributed by atoms with E-state index in [-0.39, 0.29) is 33.8 Å². The molecule has 0 bridgehead atoms. The molecule has 0 heterocycles. The van der Waals surface area contributed by atoms with Crippen molar-refractivity contribution in [3.63, 3.8) is 0 Å². The summed E-state index contributed by atoms with van der Waals surface area (Å²) in [6.07, 6.45) is 0.572. The number of esters is 2. The minimum Gasteiger partial charge on any atom is -0.461 e. The van der Waals surface area contributed by atoms with Gasteiger partial charge in [-0.05, 0) is 25.5 Å². The molecule has 1 aromatic rings. The lowest BCUT2D eigenvalue weighted by Gasteiger charge is -2.22. The van der Waals surface area contributed by atoms with Crippen molar-refractivity contribution in [2.24, 2.45) is 17.4 Å². The van der Waals surface area contributed by atoms with Crippen LogP contribution in [0.25, 0.3) is 0 Å². The number of benzene rings is 1. The maximum absolute atomic E-state index is 12.4. The number of rotatable bonds is 8. The van der Waals surface area contributed by atoms with Crippen molar-refractivity contribution in [1.82, 2.24) is 0 Å². The minimum atomic E-state index is -1.80. The number of nitrogens with two attached hydrogens (primary N) is 2. The van der Waals surface area contributed by atoms with Crippen molar-refractivity contribution < 1.29 is 19.1 Å². The normalized spacial score (nSPS) is 13.8. The van der Waals surface area contributed by atoms with E-state index in [1.165, 1.54) is 12.1 Å². The van der Waals surface area contributed by atoms with Crippen LogP contribution in [0.2, 0.25) is 15.1 Å². The summed E-state index contributed by atoms with van der Waals surface area (Å²) in [5.41, 5.74) is 11.3. The van der Waals surface area contributed by atoms with Gasteiger partial charge in [-0.15, -0.1) is 0 Å². The second-order valence-electron chi connectivity index (χ2n) is 5.40. The summed E-state index contributed by atoms with van der Waals surface area (Å²) in [6, 6.07) is 1.19. The van der Waals surface area contributed by atoms with Crippen LogP contribution in [0.5, 0.6) is 5.75 Å². The smallest absolute Gasteiger partial charge is 0.329 e. The first kappa shape index (κ1) is 24.9. The van der Waals surface area contributed by atoms with E-state index in [4.69, 9.17) is 90.5 Å². The first-order chi connectivity index (χ1) is 12.5. The first-order valence-corrected chi connectivity index (χ1v) is 9.78. The molecule has 0 aliphatic rings. The Hall–Kier alpha value is -0.180. The number of hydrogen-bond donors (Lipinski definition) is 2. The SMILES string of the molecule is NCCCC(C(=O)OCC(Cl)(Cl)Cl)[C@H](N)C(=O)Oc1cc(Cl)c(Cl)cc1Cl. The van der Waals surface area contributed by atoms with Gasteiger partial charge >= 0.3 is 11.9 Å². The summed E-state index contributed by atoms with van der Waals surface area (Å²) in [7, 11) is 0. The molecule has 2 atom stereocenters. The van der Waals surface area contributed by atoms with E-state index in [2.05, 4.69) is 0 Å². The molecule has 152 valence electrons. The molecule has 0 amide bonds. The number of ether oxygens (including phenoxy) is 2. The van der Waals surface area contributed by atoms with Gasteiger partial charge in [0.2, 0.25) is 3.79 Å². The van der Waals surface area contributed by atoms with Gasteiger partial charge < -0.3 is 20.9 Å². The predicted octanol–water partition coefficient (Wildman–Crippen LogP) is 4.15. The van der Waals surface area contributed by atoms with E-state index in [0.717, 1.165) is 0 Å². The average molecular weight is 501 g/mol. The molecule has 1 rings (SSSR count). The molecule has 0 aliphatic heterocycles. The van der Waals surface area contributed by atoms with E-state index < -0.39 is 34.3 Å². The lowest BCUT2D eigenvalue weighted by Crippen LogP contribution is -2.45.